The van der Waals surface area contributed by atoms with Gasteiger partial charge in [0.1, 0.15) is 5.60 Å². The Labute approximate surface area is 126 Å². The molecule has 0 bridgehead atoms. The van der Waals surface area contributed by atoms with Crippen LogP contribution >= 0.6 is 0 Å². The summed E-state index contributed by atoms with van der Waals surface area (Å²) in [5.74, 6) is 0. The number of aliphatic hydroxyl groups excluding tert-OH is 1. The molecule has 0 fully saturated rings. The maximum Gasteiger partial charge on any atom is 0.407 e. The minimum Gasteiger partial charge on any atom is -0.444 e. The van der Waals surface area contributed by atoms with Crippen molar-refractivity contribution in [2.24, 2.45) is 0 Å². The summed E-state index contributed by atoms with van der Waals surface area (Å²) >= 11 is 0. The highest BCUT2D eigenvalue weighted by Crippen LogP contribution is 2.06. The molecule has 3 N–H and O–H groups in total. The first-order chi connectivity index (χ1) is 9.90. The average Bonchev–Trinajstić information content (AvgIpc) is 2.41. The molecular formula is C16H26N2O3. The van der Waals surface area contributed by atoms with Crippen molar-refractivity contribution >= 4 is 6.09 Å². The smallest absolute Gasteiger partial charge is 0.407 e. The lowest BCUT2D eigenvalue weighted by molar-refractivity contribution is 0.0527. The third-order valence-electron chi connectivity index (χ3n) is 2.70. The second kappa shape index (κ2) is 8.64. The highest BCUT2D eigenvalue weighted by atomic mass is 16.6. The van der Waals surface area contributed by atoms with E-state index < -0.39 is 5.60 Å². The molecule has 0 aliphatic rings. The van der Waals surface area contributed by atoms with Gasteiger partial charge in [0.05, 0.1) is 6.61 Å². The van der Waals surface area contributed by atoms with Crippen LogP contribution in [0.2, 0.25) is 0 Å². The van der Waals surface area contributed by atoms with Crippen LogP contribution in [0.4, 0.5) is 4.79 Å². The number of amides is 1. The van der Waals surface area contributed by atoms with E-state index in [9.17, 15) is 4.79 Å². The predicted octanol–water partition coefficient (Wildman–Crippen LogP) is 2.18. The fourth-order valence-electron chi connectivity index (χ4n) is 1.79. The largest absolute Gasteiger partial charge is 0.444 e. The van der Waals surface area contributed by atoms with Gasteiger partial charge in [0.2, 0.25) is 0 Å². The van der Waals surface area contributed by atoms with E-state index in [1.807, 2.05) is 45.0 Å². The van der Waals surface area contributed by atoms with E-state index >= 15 is 0 Å². The summed E-state index contributed by atoms with van der Waals surface area (Å²) in [6.45, 7) is 7.73. The van der Waals surface area contributed by atoms with E-state index in [0.29, 0.717) is 6.54 Å². The average molecular weight is 294 g/mol. The van der Waals surface area contributed by atoms with E-state index in [1.54, 1.807) is 0 Å². The molecule has 0 aliphatic carbocycles. The molecule has 21 heavy (non-hydrogen) atoms. The predicted molar refractivity (Wildman–Crippen MR) is 82.9 cm³/mol. The van der Waals surface area contributed by atoms with Gasteiger partial charge in [-0.05, 0) is 44.9 Å². The Hall–Kier alpha value is -1.59. The molecule has 0 spiro atoms. The monoisotopic (exact) mass is 294 g/mol. The van der Waals surface area contributed by atoms with Gasteiger partial charge in [-0.2, -0.15) is 0 Å². The molecule has 1 amide bonds. The van der Waals surface area contributed by atoms with Gasteiger partial charge in [-0.3, -0.25) is 0 Å². The fraction of sp³-hybridized carbons (Fsp3) is 0.562. The summed E-state index contributed by atoms with van der Waals surface area (Å²) in [5.41, 5.74) is 1.60. The summed E-state index contributed by atoms with van der Waals surface area (Å²) in [6, 6.07) is 7.83. The Balaban J connectivity index is 2.10. The second-order valence-electron chi connectivity index (χ2n) is 5.94. The molecule has 0 saturated carbocycles. The summed E-state index contributed by atoms with van der Waals surface area (Å²) in [7, 11) is 0. The standard InChI is InChI=1S/C16H26N2O3/c1-16(2,3)21-15(20)18-9-5-8-17-11-13-6-4-7-14(10-13)12-19/h4,6-7,10,17,19H,5,8-9,11-12H2,1-3H3,(H,18,20). The van der Waals surface area contributed by atoms with Crippen molar-refractivity contribution in [2.75, 3.05) is 13.1 Å². The SMILES string of the molecule is CC(C)(C)OC(=O)NCCCNCc1cccc(CO)c1. The van der Waals surface area contributed by atoms with Crippen LogP contribution in [-0.4, -0.2) is 29.9 Å². The molecule has 0 radical (unpaired) electrons. The Bertz CT molecular complexity index is 441. The molecule has 1 aromatic rings. The molecular weight excluding hydrogens is 268 g/mol. The van der Waals surface area contributed by atoms with Gasteiger partial charge in [-0.15, -0.1) is 0 Å². The van der Waals surface area contributed by atoms with Crippen LogP contribution < -0.4 is 10.6 Å². The number of hydrogen-bond acceptors (Lipinski definition) is 4. The van der Waals surface area contributed by atoms with Gasteiger partial charge in [0.15, 0.2) is 0 Å². The molecule has 118 valence electrons. The maximum atomic E-state index is 11.4. The Kier molecular flexibility index (Phi) is 7.19. The van der Waals surface area contributed by atoms with Crippen molar-refractivity contribution < 1.29 is 14.6 Å². The minimum absolute atomic E-state index is 0.0631. The van der Waals surface area contributed by atoms with Crippen molar-refractivity contribution in [2.45, 2.75) is 45.9 Å². The van der Waals surface area contributed by atoms with Crippen LogP contribution in [0.15, 0.2) is 24.3 Å². The normalized spacial score (nSPS) is 11.2. The van der Waals surface area contributed by atoms with Gasteiger partial charge >= 0.3 is 6.09 Å². The first-order valence-electron chi connectivity index (χ1n) is 7.27. The maximum absolute atomic E-state index is 11.4. The zero-order chi connectivity index (χ0) is 15.7. The Morgan fingerprint density at radius 2 is 1.95 bits per heavy atom. The van der Waals surface area contributed by atoms with Crippen molar-refractivity contribution in [1.82, 2.24) is 10.6 Å². The van der Waals surface area contributed by atoms with Crippen molar-refractivity contribution in [3.05, 3.63) is 35.4 Å². The number of carbonyl (C=O) groups excluding carboxylic acids is 1. The molecule has 1 rings (SSSR count). The van der Waals surface area contributed by atoms with Crippen LogP contribution in [0.1, 0.15) is 38.3 Å². The van der Waals surface area contributed by atoms with E-state index in [4.69, 9.17) is 9.84 Å². The summed E-state index contributed by atoms with van der Waals surface area (Å²) in [5, 5.41) is 15.1. The van der Waals surface area contributed by atoms with Gasteiger partial charge in [-0.1, -0.05) is 24.3 Å². The quantitative estimate of drug-likeness (QED) is 0.674. The Morgan fingerprint density at radius 3 is 2.62 bits per heavy atom. The summed E-state index contributed by atoms with van der Waals surface area (Å²) in [4.78, 5) is 11.4. The Morgan fingerprint density at radius 1 is 1.24 bits per heavy atom. The number of hydrogen-bond donors (Lipinski definition) is 3. The fourth-order valence-corrected chi connectivity index (χ4v) is 1.79. The third-order valence-corrected chi connectivity index (χ3v) is 2.70. The number of alkyl carbamates (subject to hydrolysis) is 1. The summed E-state index contributed by atoms with van der Waals surface area (Å²) in [6.07, 6.45) is 0.456. The molecule has 5 heteroatoms. The second-order valence-corrected chi connectivity index (χ2v) is 5.94. The number of benzene rings is 1. The molecule has 0 aromatic heterocycles. The minimum atomic E-state index is -0.458. The highest BCUT2D eigenvalue weighted by molar-refractivity contribution is 5.67. The van der Waals surface area contributed by atoms with Gasteiger partial charge in [-0.25, -0.2) is 4.79 Å². The van der Waals surface area contributed by atoms with E-state index in [0.717, 1.165) is 30.6 Å². The molecule has 5 nitrogen and oxygen atoms in total. The first-order valence-corrected chi connectivity index (χ1v) is 7.27. The van der Waals surface area contributed by atoms with Crippen LogP contribution in [0.5, 0.6) is 0 Å². The number of aliphatic hydroxyl groups is 1. The lowest BCUT2D eigenvalue weighted by Crippen LogP contribution is -2.33. The molecule has 0 atom stereocenters. The highest BCUT2D eigenvalue weighted by Gasteiger charge is 2.15. The number of carbonyl (C=O) groups is 1. The van der Waals surface area contributed by atoms with Gasteiger partial charge in [0, 0.05) is 13.1 Å². The van der Waals surface area contributed by atoms with Gasteiger partial charge in [0.25, 0.3) is 0 Å². The summed E-state index contributed by atoms with van der Waals surface area (Å²) < 4.78 is 5.14. The zero-order valence-electron chi connectivity index (χ0n) is 13.1. The van der Waals surface area contributed by atoms with E-state index in [-0.39, 0.29) is 12.7 Å². The van der Waals surface area contributed by atoms with Crippen LogP contribution in [0, 0.1) is 0 Å². The van der Waals surface area contributed by atoms with Crippen LogP contribution in [0.25, 0.3) is 0 Å². The van der Waals surface area contributed by atoms with Gasteiger partial charge < -0.3 is 20.5 Å². The third kappa shape index (κ3) is 8.32. The topological polar surface area (TPSA) is 70.6 Å². The lowest BCUT2D eigenvalue weighted by Gasteiger charge is -2.19. The molecule has 1 aromatic carbocycles. The number of rotatable bonds is 7. The van der Waals surface area contributed by atoms with Crippen molar-refractivity contribution in [3.8, 4) is 0 Å². The van der Waals surface area contributed by atoms with E-state index in [2.05, 4.69) is 10.6 Å². The molecule has 0 saturated heterocycles. The van der Waals surface area contributed by atoms with Crippen LogP contribution in [-0.2, 0) is 17.9 Å². The molecule has 0 aliphatic heterocycles. The number of ether oxygens (including phenoxy) is 1. The molecule has 0 heterocycles. The van der Waals surface area contributed by atoms with E-state index in [1.165, 1.54) is 0 Å². The molecule has 0 unspecified atom stereocenters. The zero-order valence-corrected chi connectivity index (χ0v) is 13.1. The van der Waals surface area contributed by atoms with Crippen LogP contribution in [0.3, 0.4) is 0 Å². The number of nitrogens with one attached hydrogen (secondary N) is 2. The first kappa shape index (κ1) is 17.5. The lowest BCUT2D eigenvalue weighted by atomic mass is 10.1. The van der Waals surface area contributed by atoms with Crippen molar-refractivity contribution in [3.63, 3.8) is 0 Å². The van der Waals surface area contributed by atoms with Crippen molar-refractivity contribution in [1.29, 1.82) is 0 Å².